The number of benzene rings is 2. The molecule has 0 unspecified atom stereocenters. The summed E-state index contributed by atoms with van der Waals surface area (Å²) in [4.78, 5) is 25.2. The van der Waals surface area contributed by atoms with Crippen molar-refractivity contribution in [2.75, 3.05) is 10.6 Å². The van der Waals surface area contributed by atoms with Crippen LogP contribution in [0.1, 0.15) is 52.8 Å². The third-order valence-corrected chi connectivity index (χ3v) is 4.24. The van der Waals surface area contributed by atoms with Crippen LogP contribution >= 0.6 is 0 Å². The fraction of sp³-hybridized carbons (Fsp3) is 0.227. The summed E-state index contributed by atoms with van der Waals surface area (Å²) in [5, 5.41) is 9.34. The number of aryl methyl sites for hydroxylation is 1. The van der Waals surface area contributed by atoms with Crippen LogP contribution in [-0.2, 0) is 5.41 Å². The number of nitrogens with zero attached hydrogens (tertiary/aromatic N) is 1. The molecule has 28 heavy (non-hydrogen) atoms. The zero-order chi connectivity index (χ0) is 20.3. The van der Waals surface area contributed by atoms with E-state index >= 15 is 0 Å². The lowest BCUT2D eigenvalue weighted by Gasteiger charge is -2.23. The van der Waals surface area contributed by atoms with Crippen molar-refractivity contribution in [2.45, 2.75) is 33.1 Å². The molecule has 3 rings (SSSR count). The van der Waals surface area contributed by atoms with Crippen molar-refractivity contribution in [3.63, 3.8) is 0 Å². The third kappa shape index (κ3) is 4.46. The Labute approximate surface area is 163 Å². The lowest BCUT2D eigenvalue weighted by molar-refractivity contribution is 0.102. The number of rotatable bonds is 4. The second-order valence-corrected chi connectivity index (χ2v) is 7.61. The van der Waals surface area contributed by atoms with Crippen LogP contribution < -0.4 is 10.6 Å². The summed E-state index contributed by atoms with van der Waals surface area (Å²) in [5.41, 5.74) is 2.44. The molecule has 2 aromatic carbocycles. The van der Waals surface area contributed by atoms with Crippen molar-refractivity contribution in [2.24, 2.45) is 0 Å². The Morgan fingerprint density at radius 2 is 1.54 bits per heavy atom. The van der Waals surface area contributed by atoms with E-state index in [2.05, 4.69) is 36.6 Å². The zero-order valence-electron chi connectivity index (χ0n) is 16.4. The molecule has 0 fully saturated rings. The molecule has 0 bridgehead atoms. The van der Waals surface area contributed by atoms with E-state index in [4.69, 9.17) is 4.52 Å². The summed E-state index contributed by atoms with van der Waals surface area (Å²) < 4.78 is 4.94. The van der Waals surface area contributed by atoms with E-state index in [1.165, 1.54) is 0 Å². The summed E-state index contributed by atoms with van der Waals surface area (Å²) in [6.07, 6.45) is 0. The molecule has 0 aliphatic carbocycles. The molecule has 0 radical (unpaired) electrons. The molecule has 0 atom stereocenters. The highest BCUT2D eigenvalue weighted by atomic mass is 16.5. The molecular weight excluding hydrogens is 354 g/mol. The minimum atomic E-state index is -0.363. The number of carbonyl (C=O) groups excluding carboxylic acids is 2. The first kappa shape index (κ1) is 19.4. The maximum absolute atomic E-state index is 12.8. The van der Waals surface area contributed by atoms with Gasteiger partial charge in [-0.25, -0.2) is 0 Å². The molecule has 6 heteroatoms. The van der Waals surface area contributed by atoms with Gasteiger partial charge in [-0.1, -0.05) is 50.2 Å². The summed E-state index contributed by atoms with van der Waals surface area (Å²) in [6, 6.07) is 15.9. The van der Waals surface area contributed by atoms with Crippen molar-refractivity contribution >= 4 is 23.3 Å². The number of aromatic nitrogens is 1. The van der Waals surface area contributed by atoms with E-state index in [0.717, 1.165) is 11.3 Å². The Bertz CT molecular complexity index is 1020. The highest BCUT2D eigenvalue weighted by molar-refractivity contribution is 6.08. The van der Waals surface area contributed by atoms with Crippen LogP contribution in [0.4, 0.5) is 11.5 Å². The average Bonchev–Trinajstić information content (AvgIpc) is 3.06. The first-order chi connectivity index (χ1) is 13.2. The molecule has 1 aromatic heterocycles. The first-order valence-electron chi connectivity index (χ1n) is 8.99. The van der Waals surface area contributed by atoms with E-state index in [1.54, 1.807) is 37.3 Å². The molecule has 144 valence electrons. The molecule has 2 N–H and O–H groups in total. The molecule has 0 saturated carbocycles. The van der Waals surface area contributed by atoms with Crippen molar-refractivity contribution < 1.29 is 14.1 Å². The predicted molar refractivity (Wildman–Crippen MR) is 109 cm³/mol. The lowest BCUT2D eigenvalue weighted by Crippen LogP contribution is -2.19. The second kappa shape index (κ2) is 7.68. The van der Waals surface area contributed by atoms with E-state index < -0.39 is 0 Å². The van der Waals surface area contributed by atoms with Gasteiger partial charge >= 0.3 is 0 Å². The molecule has 2 amide bonds. The van der Waals surface area contributed by atoms with Crippen LogP contribution in [0.2, 0.25) is 0 Å². The van der Waals surface area contributed by atoms with E-state index in [0.29, 0.717) is 22.7 Å². The van der Waals surface area contributed by atoms with E-state index in [9.17, 15) is 9.59 Å². The fourth-order valence-electron chi connectivity index (χ4n) is 2.86. The smallest absolute Gasteiger partial charge is 0.256 e. The van der Waals surface area contributed by atoms with Crippen LogP contribution in [0.5, 0.6) is 0 Å². The number of hydrogen-bond acceptors (Lipinski definition) is 4. The Kier molecular flexibility index (Phi) is 5.31. The van der Waals surface area contributed by atoms with Gasteiger partial charge in [0.15, 0.2) is 5.82 Å². The van der Waals surface area contributed by atoms with Crippen LogP contribution in [0.15, 0.2) is 59.1 Å². The topological polar surface area (TPSA) is 84.2 Å². The first-order valence-corrected chi connectivity index (χ1v) is 8.99. The number of nitrogens with one attached hydrogen (secondary N) is 2. The number of para-hydroxylation sites is 1. The molecule has 0 saturated heterocycles. The minimum absolute atomic E-state index is 0.110. The summed E-state index contributed by atoms with van der Waals surface area (Å²) in [5.74, 6) is 0.291. The molecular formula is C22H23N3O3. The maximum Gasteiger partial charge on any atom is 0.256 e. The van der Waals surface area contributed by atoms with E-state index in [1.807, 2.05) is 24.3 Å². The third-order valence-electron chi connectivity index (χ3n) is 4.24. The van der Waals surface area contributed by atoms with Gasteiger partial charge in [-0.15, -0.1) is 0 Å². The fourth-order valence-corrected chi connectivity index (χ4v) is 2.86. The molecule has 3 aromatic rings. The van der Waals surface area contributed by atoms with Crippen molar-refractivity contribution in [3.05, 3.63) is 77.0 Å². The van der Waals surface area contributed by atoms with Gasteiger partial charge in [-0.05, 0) is 42.2 Å². The van der Waals surface area contributed by atoms with Crippen molar-refractivity contribution in [1.29, 1.82) is 0 Å². The number of hydrogen-bond donors (Lipinski definition) is 2. The Hall–Kier alpha value is -3.41. The van der Waals surface area contributed by atoms with Gasteiger partial charge in [0.2, 0.25) is 0 Å². The standard InChI is InChI=1S/C22H23N3O3/c1-14-12-19(25-28-14)24-21(27)16-9-7-8-15(13-16)20(26)23-18-11-6-5-10-17(18)22(2,3)4/h5-13H,1-4H3,(H,23,26)(H,24,25,27). The van der Waals surface area contributed by atoms with Gasteiger partial charge in [-0.3, -0.25) is 9.59 Å². The number of anilines is 2. The Balaban J connectivity index is 1.79. The summed E-state index contributed by atoms with van der Waals surface area (Å²) in [6.45, 7) is 8.01. The van der Waals surface area contributed by atoms with Crippen LogP contribution in [0, 0.1) is 6.92 Å². The zero-order valence-corrected chi connectivity index (χ0v) is 16.4. The second-order valence-electron chi connectivity index (χ2n) is 7.61. The molecule has 0 aliphatic heterocycles. The largest absolute Gasteiger partial charge is 0.360 e. The highest BCUT2D eigenvalue weighted by Crippen LogP contribution is 2.29. The van der Waals surface area contributed by atoms with Crippen molar-refractivity contribution in [3.8, 4) is 0 Å². The van der Waals surface area contributed by atoms with Gasteiger partial charge in [0.05, 0.1) is 0 Å². The van der Waals surface area contributed by atoms with E-state index in [-0.39, 0.29) is 17.2 Å². The Morgan fingerprint density at radius 1 is 0.893 bits per heavy atom. The normalized spacial score (nSPS) is 11.1. The van der Waals surface area contributed by atoms with Gasteiger partial charge in [0, 0.05) is 22.9 Å². The van der Waals surface area contributed by atoms with Crippen LogP contribution in [0.3, 0.4) is 0 Å². The summed E-state index contributed by atoms with van der Waals surface area (Å²) in [7, 11) is 0. The van der Waals surface area contributed by atoms with Gasteiger partial charge in [0.25, 0.3) is 11.8 Å². The highest BCUT2D eigenvalue weighted by Gasteiger charge is 2.19. The monoisotopic (exact) mass is 377 g/mol. The quantitative estimate of drug-likeness (QED) is 0.685. The number of carbonyl (C=O) groups is 2. The lowest BCUT2D eigenvalue weighted by atomic mass is 9.86. The maximum atomic E-state index is 12.8. The molecule has 1 heterocycles. The number of amides is 2. The molecule has 0 spiro atoms. The van der Waals surface area contributed by atoms with Crippen LogP contribution in [0.25, 0.3) is 0 Å². The average molecular weight is 377 g/mol. The Morgan fingerprint density at radius 3 is 2.14 bits per heavy atom. The van der Waals surface area contributed by atoms with Gasteiger partial charge < -0.3 is 15.2 Å². The van der Waals surface area contributed by atoms with Crippen LogP contribution in [-0.4, -0.2) is 17.0 Å². The van der Waals surface area contributed by atoms with Gasteiger partial charge in [-0.2, -0.15) is 0 Å². The predicted octanol–water partition coefficient (Wildman–Crippen LogP) is 4.79. The molecule has 6 nitrogen and oxygen atoms in total. The molecule has 0 aliphatic rings. The SMILES string of the molecule is Cc1cc(NC(=O)c2cccc(C(=O)Nc3ccccc3C(C)(C)C)c2)no1. The minimum Gasteiger partial charge on any atom is -0.360 e. The van der Waals surface area contributed by atoms with Gasteiger partial charge in [0.1, 0.15) is 5.76 Å². The summed E-state index contributed by atoms with van der Waals surface area (Å²) >= 11 is 0. The van der Waals surface area contributed by atoms with Crippen molar-refractivity contribution in [1.82, 2.24) is 5.16 Å².